The lowest BCUT2D eigenvalue weighted by atomic mass is 10.1. The van der Waals surface area contributed by atoms with Gasteiger partial charge in [0.05, 0.1) is 5.56 Å². The molecule has 1 aromatic carbocycles. The van der Waals surface area contributed by atoms with E-state index in [1.54, 1.807) is 6.92 Å². The molecule has 2 aromatic rings. The summed E-state index contributed by atoms with van der Waals surface area (Å²) in [6, 6.07) is 4.78. The molecule has 126 valence electrons. The maximum absolute atomic E-state index is 12.3. The van der Waals surface area contributed by atoms with Crippen molar-refractivity contribution in [2.75, 3.05) is 5.32 Å². The number of rotatable bonds is 2. The van der Waals surface area contributed by atoms with Crippen LogP contribution in [-0.4, -0.2) is 16.9 Å². The van der Waals surface area contributed by atoms with Gasteiger partial charge in [-0.05, 0) is 50.5 Å². The maximum atomic E-state index is 12.3. The van der Waals surface area contributed by atoms with Crippen LogP contribution in [0.2, 0.25) is 10.3 Å². The van der Waals surface area contributed by atoms with Gasteiger partial charge in [-0.3, -0.25) is 10.1 Å². The van der Waals surface area contributed by atoms with Gasteiger partial charge in [-0.2, -0.15) is 0 Å². The van der Waals surface area contributed by atoms with Crippen LogP contribution < -0.4 is 10.6 Å². The quantitative estimate of drug-likeness (QED) is 0.764. The molecule has 0 radical (unpaired) electrons. The van der Waals surface area contributed by atoms with Gasteiger partial charge in [0.1, 0.15) is 10.3 Å². The monoisotopic (exact) mass is 365 g/mol. The molecular formula is C17H17Cl2N3O2. The maximum Gasteiger partial charge on any atom is 0.326 e. The van der Waals surface area contributed by atoms with Gasteiger partial charge in [-0.15, -0.1) is 0 Å². The summed E-state index contributed by atoms with van der Waals surface area (Å²) in [5.41, 5.74) is 4.25. The van der Waals surface area contributed by atoms with Crippen LogP contribution in [0.15, 0.2) is 18.2 Å². The number of halogens is 2. The minimum absolute atomic E-state index is 0.0482. The summed E-state index contributed by atoms with van der Waals surface area (Å²) in [5, 5.41) is 5.09. The molecule has 24 heavy (non-hydrogen) atoms. The number of urea groups is 1. The first-order valence-electron chi connectivity index (χ1n) is 7.22. The Kier molecular flexibility index (Phi) is 5.47. The molecule has 0 bridgehead atoms. The van der Waals surface area contributed by atoms with Crippen molar-refractivity contribution in [3.05, 3.63) is 56.3 Å². The largest absolute Gasteiger partial charge is 0.326 e. The molecule has 0 fully saturated rings. The SMILES string of the molecule is Cc1cc(C)c(NC(=O)NC(=O)c2c(C)cc(Cl)nc2Cl)c(C)c1. The second kappa shape index (κ2) is 7.20. The minimum atomic E-state index is -0.638. The number of carbonyl (C=O) groups is 2. The molecule has 0 saturated heterocycles. The fourth-order valence-corrected chi connectivity index (χ4v) is 3.17. The molecule has 0 spiro atoms. The Morgan fingerprint density at radius 3 is 2.08 bits per heavy atom. The van der Waals surface area contributed by atoms with Crippen molar-refractivity contribution in [2.45, 2.75) is 27.7 Å². The Hall–Kier alpha value is -2.11. The molecule has 0 unspecified atom stereocenters. The number of nitrogens with zero attached hydrogens (tertiary/aromatic N) is 1. The second-order valence-electron chi connectivity index (χ2n) is 5.61. The van der Waals surface area contributed by atoms with E-state index in [0.29, 0.717) is 11.3 Å². The lowest BCUT2D eigenvalue weighted by molar-refractivity contribution is 0.0966. The van der Waals surface area contributed by atoms with E-state index in [0.717, 1.165) is 16.7 Å². The van der Waals surface area contributed by atoms with Crippen molar-refractivity contribution in [2.24, 2.45) is 0 Å². The van der Waals surface area contributed by atoms with E-state index in [2.05, 4.69) is 15.6 Å². The van der Waals surface area contributed by atoms with E-state index in [4.69, 9.17) is 23.2 Å². The molecule has 0 atom stereocenters. The van der Waals surface area contributed by atoms with Crippen LogP contribution in [0.4, 0.5) is 10.5 Å². The third-order valence-corrected chi connectivity index (χ3v) is 3.98. The summed E-state index contributed by atoms with van der Waals surface area (Å²) in [6.45, 7) is 7.43. The van der Waals surface area contributed by atoms with Crippen LogP contribution in [0.1, 0.15) is 32.6 Å². The van der Waals surface area contributed by atoms with E-state index in [1.165, 1.54) is 6.07 Å². The number of anilines is 1. The average molecular weight is 366 g/mol. The number of aromatic nitrogens is 1. The molecule has 2 rings (SSSR count). The predicted octanol–water partition coefficient (Wildman–Crippen LogP) is 4.58. The van der Waals surface area contributed by atoms with E-state index < -0.39 is 11.9 Å². The smallest absolute Gasteiger partial charge is 0.307 e. The summed E-state index contributed by atoms with van der Waals surface area (Å²) in [7, 11) is 0. The average Bonchev–Trinajstić information content (AvgIpc) is 2.41. The zero-order chi connectivity index (χ0) is 18.0. The molecule has 0 aliphatic carbocycles. The standard InChI is InChI=1S/C17H17Cl2N3O2/c1-8-5-10(3)14(11(4)6-8)21-17(24)22-16(23)13-9(2)7-12(18)20-15(13)19/h5-7H,1-4H3,(H2,21,22,23,24). The number of pyridine rings is 1. The Labute approximate surface area is 150 Å². The molecule has 5 nitrogen and oxygen atoms in total. The fourth-order valence-electron chi connectivity index (χ4n) is 2.56. The molecule has 3 amide bonds. The molecule has 0 aliphatic heterocycles. The van der Waals surface area contributed by atoms with Crippen LogP contribution in [0.5, 0.6) is 0 Å². The number of amides is 3. The van der Waals surface area contributed by atoms with E-state index in [9.17, 15) is 9.59 Å². The number of hydrogen-bond acceptors (Lipinski definition) is 3. The van der Waals surface area contributed by atoms with Crippen molar-refractivity contribution < 1.29 is 9.59 Å². The van der Waals surface area contributed by atoms with Gasteiger partial charge in [0.2, 0.25) is 0 Å². The Morgan fingerprint density at radius 2 is 1.54 bits per heavy atom. The lowest BCUT2D eigenvalue weighted by Crippen LogP contribution is -2.35. The van der Waals surface area contributed by atoms with Gasteiger partial charge in [0.15, 0.2) is 0 Å². The topological polar surface area (TPSA) is 71.1 Å². The van der Waals surface area contributed by atoms with Crippen molar-refractivity contribution in [3.63, 3.8) is 0 Å². The zero-order valence-electron chi connectivity index (χ0n) is 13.8. The Balaban J connectivity index is 2.18. The number of imide groups is 1. The number of benzene rings is 1. The molecule has 7 heteroatoms. The molecule has 0 saturated carbocycles. The highest BCUT2D eigenvalue weighted by Crippen LogP contribution is 2.23. The third kappa shape index (κ3) is 4.04. The van der Waals surface area contributed by atoms with Crippen LogP contribution >= 0.6 is 23.2 Å². The first-order valence-corrected chi connectivity index (χ1v) is 7.97. The van der Waals surface area contributed by atoms with Gasteiger partial charge in [-0.25, -0.2) is 9.78 Å². The van der Waals surface area contributed by atoms with Crippen LogP contribution in [0, 0.1) is 27.7 Å². The second-order valence-corrected chi connectivity index (χ2v) is 6.35. The molecule has 0 aliphatic rings. The molecule has 2 N–H and O–H groups in total. The van der Waals surface area contributed by atoms with Crippen LogP contribution in [-0.2, 0) is 0 Å². The highest BCUT2D eigenvalue weighted by Gasteiger charge is 2.19. The van der Waals surface area contributed by atoms with Gasteiger partial charge >= 0.3 is 6.03 Å². The lowest BCUT2D eigenvalue weighted by Gasteiger charge is -2.14. The van der Waals surface area contributed by atoms with Crippen molar-refractivity contribution in [1.29, 1.82) is 0 Å². The predicted molar refractivity (Wildman–Crippen MR) is 96.1 cm³/mol. The van der Waals surface area contributed by atoms with Gasteiger partial charge in [-0.1, -0.05) is 40.9 Å². The van der Waals surface area contributed by atoms with Crippen molar-refractivity contribution >= 4 is 40.8 Å². The van der Waals surface area contributed by atoms with Crippen molar-refractivity contribution in [1.82, 2.24) is 10.3 Å². The summed E-state index contributed by atoms with van der Waals surface area (Å²) >= 11 is 11.7. The first-order chi connectivity index (χ1) is 11.2. The van der Waals surface area contributed by atoms with Gasteiger partial charge in [0.25, 0.3) is 5.91 Å². The number of carbonyl (C=O) groups excluding carboxylic acids is 2. The van der Waals surface area contributed by atoms with Crippen molar-refractivity contribution in [3.8, 4) is 0 Å². The Morgan fingerprint density at radius 1 is 0.958 bits per heavy atom. The third-order valence-electron chi connectivity index (χ3n) is 3.51. The first kappa shape index (κ1) is 18.2. The molecule has 1 heterocycles. The van der Waals surface area contributed by atoms with E-state index in [1.807, 2.05) is 32.9 Å². The minimum Gasteiger partial charge on any atom is -0.307 e. The fraction of sp³-hybridized carbons (Fsp3) is 0.235. The summed E-state index contributed by atoms with van der Waals surface area (Å²) in [6.07, 6.45) is 0. The molecule has 1 aromatic heterocycles. The van der Waals surface area contributed by atoms with Crippen LogP contribution in [0.3, 0.4) is 0 Å². The zero-order valence-corrected chi connectivity index (χ0v) is 15.3. The molecular weight excluding hydrogens is 349 g/mol. The highest BCUT2D eigenvalue weighted by atomic mass is 35.5. The normalized spacial score (nSPS) is 10.4. The van der Waals surface area contributed by atoms with Crippen LogP contribution in [0.25, 0.3) is 0 Å². The van der Waals surface area contributed by atoms with E-state index >= 15 is 0 Å². The number of aryl methyl sites for hydroxylation is 4. The van der Waals surface area contributed by atoms with E-state index in [-0.39, 0.29) is 15.9 Å². The highest BCUT2D eigenvalue weighted by molar-refractivity contribution is 6.35. The summed E-state index contributed by atoms with van der Waals surface area (Å²) in [5.74, 6) is -0.637. The van der Waals surface area contributed by atoms with Gasteiger partial charge < -0.3 is 5.32 Å². The number of nitrogens with one attached hydrogen (secondary N) is 2. The summed E-state index contributed by atoms with van der Waals surface area (Å²) < 4.78 is 0. The van der Waals surface area contributed by atoms with Gasteiger partial charge in [0, 0.05) is 5.69 Å². The number of hydrogen-bond donors (Lipinski definition) is 2. The Bertz CT molecular complexity index is 789. The summed E-state index contributed by atoms with van der Waals surface area (Å²) in [4.78, 5) is 28.2.